The molecule has 1 atom stereocenters. The standard InChI is InChI=1S/C32H47N3O5S2.C2H2O4/c1-6-7-8-9-14-31(36)40-24(2)25-17-21-34(22-18-25)19-11-20-35-27-12-10-13-30(42(37,38)33(3)4)32(27)41-29-16-15-26(39-5)23-28(29)35;3-1(4)2(5)6/h10,12-13,15-16,23-25H,6-9,11,14,17-22H2,1-5H3;(H,3,4)(H,5,6). The molecule has 0 aliphatic carbocycles. The number of hydrogen-bond donors (Lipinski definition) is 2. The van der Waals surface area contributed by atoms with Crippen LogP contribution in [0.4, 0.5) is 11.4 Å². The van der Waals surface area contributed by atoms with E-state index in [-0.39, 0.29) is 12.1 Å². The molecule has 0 bridgehead atoms. The molecule has 2 aliphatic heterocycles. The molecule has 1 saturated heterocycles. The number of methoxy groups -OCH3 is 1. The summed E-state index contributed by atoms with van der Waals surface area (Å²) in [6.07, 6.45) is 7.82. The third-order valence-corrected chi connectivity index (χ3v) is 11.7. The van der Waals surface area contributed by atoms with E-state index in [0.29, 0.717) is 17.2 Å². The lowest BCUT2D eigenvalue weighted by atomic mass is 9.92. The van der Waals surface area contributed by atoms with Crippen LogP contribution in [0.5, 0.6) is 5.75 Å². The summed E-state index contributed by atoms with van der Waals surface area (Å²) < 4.78 is 39.0. The van der Waals surface area contributed by atoms with Crippen molar-refractivity contribution >= 4 is 51.1 Å². The average Bonchev–Trinajstić information content (AvgIpc) is 3.06. The lowest BCUT2D eigenvalue weighted by Crippen LogP contribution is -2.39. The molecule has 48 heavy (non-hydrogen) atoms. The third-order valence-electron chi connectivity index (χ3n) is 8.56. The number of fused-ring (bicyclic) bond motifs is 2. The summed E-state index contributed by atoms with van der Waals surface area (Å²) in [6.45, 7) is 7.91. The van der Waals surface area contributed by atoms with Crippen molar-refractivity contribution in [3.05, 3.63) is 36.4 Å². The molecule has 0 saturated carbocycles. The highest BCUT2D eigenvalue weighted by molar-refractivity contribution is 8.00. The number of carbonyl (C=O) groups excluding carboxylic acids is 1. The van der Waals surface area contributed by atoms with Crippen LogP contribution in [0.15, 0.2) is 51.1 Å². The van der Waals surface area contributed by atoms with Gasteiger partial charge in [0, 0.05) is 38.0 Å². The van der Waals surface area contributed by atoms with Crippen LogP contribution in [0.2, 0.25) is 0 Å². The second kappa shape index (κ2) is 18.4. The SMILES string of the molecule is CCCCCCC(=O)OC(C)C1CCN(CCCN2c3cc(OC)ccc3Sc3c2cccc3S(=O)(=O)N(C)C)CC1.O=C(O)C(=O)O. The number of unbranched alkanes of at least 4 members (excludes halogenated alkanes) is 3. The normalized spacial score (nSPS) is 15.5. The maximum Gasteiger partial charge on any atom is 0.414 e. The Bertz CT molecular complexity index is 1500. The van der Waals surface area contributed by atoms with Crippen molar-refractivity contribution < 1.29 is 42.5 Å². The predicted molar refractivity (Wildman–Crippen MR) is 185 cm³/mol. The van der Waals surface area contributed by atoms with Crippen LogP contribution in [0, 0.1) is 5.92 Å². The van der Waals surface area contributed by atoms with Gasteiger partial charge in [0.05, 0.1) is 28.3 Å². The van der Waals surface area contributed by atoms with Crippen molar-refractivity contribution in [2.45, 2.75) is 86.0 Å². The Hall–Kier alpha value is -3.33. The quantitative estimate of drug-likeness (QED) is 0.141. The minimum absolute atomic E-state index is 0.0349. The zero-order valence-corrected chi connectivity index (χ0v) is 30.1. The van der Waals surface area contributed by atoms with Gasteiger partial charge in [-0.3, -0.25) is 4.79 Å². The first-order valence-electron chi connectivity index (χ1n) is 16.4. The average molecular weight is 708 g/mol. The number of carbonyl (C=O) groups is 3. The molecule has 266 valence electrons. The molecule has 2 heterocycles. The number of carboxylic acid groups (broad SMARTS) is 2. The molecule has 0 radical (unpaired) electrons. The summed E-state index contributed by atoms with van der Waals surface area (Å²) in [5.74, 6) is -2.52. The fourth-order valence-electron chi connectivity index (χ4n) is 5.78. The number of likely N-dealkylation sites (tertiary alicyclic amines) is 1. The molecule has 14 heteroatoms. The number of carboxylic acids is 2. The van der Waals surface area contributed by atoms with Gasteiger partial charge in [0.2, 0.25) is 10.0 Å². The first kappa shape index (κ1) is 39.1. The Morgan fingerprint density at radius 1 is 0.979 bits per heavy atom. The summed E-state index contributed by atoms with van der Waals surface area (Å²) in [6, 6.07) is 11.5. The van der Waals surface area contributed by atoms with Crippen molar-refractivity contribution in [2.75, 3.05) is 52.3 Å². The van der Waals surface area contributed by atoms with Crippen LogP contribution in [0.25, 0.3) is 0 Å². The van der Waals surface area contributed by atoms with Crippen LogP contribution in [0.3, 0.4) is 0 Å². The summed E-state index contributed by atoms with van der Waals surface area (Å²) in [5.41, 5.74) is 1.95. The predicted octanol–water partition coefficient (Wildman–Crippen LogP) is 5.71. The van der Waals surface area contributed by atoms with E-state index in [1.165, 1.54) is 28.9 Å². The van der Waals surface area contributed by atoms with E-state index < -0.39 is 22.0 Å². The largest absolute Gasteiger partial charge is 0.497 e. The van der Waals surface area contributed by atoms with Crippen LogP contribution in [-0.4, -0.2) is 99.2 Å². The van der Waals surface area contributed by atoms with Crippen molar-refractivity contribution in [3.8, 4) is 5.75 Å². The fourth-order valence-corrected chi connectivity index (χ4v) is 8.28. The van der Waals surface area contributed by atoms with Gasteiger partial charge >= 0.3 is 17.9 Å². The van der Waals surface area contributed by atoms with Crippen LogP contribution in [0.1, 0.15) is 65.2 Å². The van der Waals surface area contributed by atoms with Crippen molar-refractivity contribution in [3.63, 3.8) is 0 Å². The molecule has 2 aromatic rings. The van der Waals surface area contributed by atoms with E-state index in [9.17, 15) is 13.2 Å². The topological polar surface area (TPSA) is 154 Å². The lowest BCUT2D eigenvalue weighted by molar-refractivity contribution is -0.159. The Labute approximate surface area is 288 Å². The highest BCUT2D eigenvalue weighted by Crippen LogP contribution is 2.51. The van der Waals surface area contributed by atoms with Gasteiger partial charge in [0.15, 0.2) is 0 Å². The van der Waals surface area contributed by atoms with Gasteiger partial charge in [-0.25, -0.2) is 22.3 Å². The second-order valence-electron chi connectivity index (χ2n) is 12.1. The Morgan fingerprint density at radius 3 is 2.27 bits per heavy atom. The van der Waals surface area contributed by atoms with Crippen LogP contribution < -0.4 is 9.64 Å². The molecule has 0 amide bonds. The molecule has 1 fully saturated rings. The van der Waals surface area contributed by atoms with E-state index in [2.05, 4.69) is 16.7 Å². The molecule has 0 spiro atoms. The molecule has 0 aromatic heterocycles. The lowest BCUT2D eigenvalue weighted by Gasteiger charge is -2.36. The number of hydrogen-bond acceptors (Lipinski definition) is 10. The first-order chi connectivity index (χ1) is 22.8. The number of aliphatic carboxylic acids is 2. The van der Waals surface area contributed by atoms with Crippen molar-refractivity contribution in [1.82, 2.24) is 9.21 Å². The summed E-state index contributed by atoms with van der Waals surface area (Å²) >= 11 is 1.50. The molecular weight excluding hydrogens is 659 g/mol. The molecule has 12 nitrogen and oxygen atoms in total. The number of rotatable bonds is 14. The van der Waals surface area contributed by atoms with Gasteiger partial charge in [0.1, 0.15) is 11.9 Å². The van der Waals surface area contributed by atoms with Crippen LogP contribution in [-0.2, 0) is 29.1 Å². The van der Waals surface area contributed by atoms with E-state index in [1.807, 2.05) is 37.3 Å². The number of nitrogens with zero attached hydrogens (tertiary/aromatic N) is 3. The summed E-state index contributed by atoms with van der Waals surface area (Å²) in [5, 5.41) is 14.8. The molecule has 2 aliphatic rings. The number of ether oxygens (including phenoxy) is 2. The summed E-state index contributed by atoms with van der Waals surface area (Å²) in [7, 11) is 1.20. The highest BCUT2D eigenvalue weighted by atomic mass is 32.2. The smallest absolute Gasteiger partial charge is 0.414 e. The van der Waals surface area contributed by atoms with E-state index in [1.54, 1.807) is 27.3 Å². The minimum Gasteiger partial charge on any atom is -0.497 e. The van der Waals surface area contributed by atoms with E-state index in [0.717, 1.165) is 85.2 Å². The second-order valence-corrected chi connectivity index (χ2v) is 15.3. The molecule has 2 N–H and O–H groups in total. The fraction of sp³-hybridized carbons (Fsp3) is 0.559. The Balaban J connectivity index is 0.000000952. The van der Waals surface area contributed by atoms with Gasteiger partial charge in [-0.2, -0.15) is 0 Å². The maximum absolute atomic E-state index is 13.2. The Morgan fingerprint density at radius 2 is 1.67 bits per heavy atom. The monoisotopic (exact) mass is 707 g/mol. The van der Waals surface area contributed by atoms with Gasteiger partial charge in [-0.05, 0) is 82.4 Å². The zero-order chi connectivity index (χ0) is 35.4. The van der Waals surface area contributed by atoms with Gasteiger partial charge in [-0.1, -0.05) is 44.0 Å². The van der Waals surface area contributed by atoms with Crippen molar-refractivity contribution in [1.29, 1.82) is 0 Å². The molecular formula is C34H49N3O9S2. The number of piperidine rings is 1. The number of sulfonamides is 1. The molecule has 2 aromatic carbocycles. The highest BCUT2D eigenvalue weighted by Gasteiger charge is 2.31. The van der Waals surface area contributed by atoms with Crippen molar-refractivity contribution in [2.24, 2.45) is 5.92 Å². The third kappa shape index (κ3) is 10.6. The minimum atomic E-state index is -3.60. The molecule has 4 rings (SSSR count). The van der Waals surface area contributed by atoms with Crippen LogP contribution >= 0.6 is 11.8 Å². The van der Waals surface area contributed by atoms with Gasteiger partial charge < -0.3 is 29.5 Å². The van der Waals surface area contributed by atoms with Gasteiger partial charge in [0.25, 0.3) is 0 Å². The van der Waals surface area contributed by atoms with E-state index in [4.69, 9.17) is 29.3 Å². The maximum atomic E-state index is 13.2. The zero-order valence-electron chi connectivity index (χ0n) is 28.5. The number of anilines is 2. The number of benzene rings is 2. The van der Waals surface area contributed by atoms with E-state index >= 15 is 0 Å². The Kier molecular flexibility index (Phi) is 15.0. The summed E-state index contributed by atoms with van der Waals surface area (Å²) in [4.78, 5) is 37.3. The number of esters is 1. The molecule has 1 unspecified atom stereocenters. The first-order valence-corrected chi connectivity index (χ1v) is 18.6. The van der Waals surface area contributed by atoms with Gasteiger partial charge in [-0.15, -0.1) is 0 Å².